The Morgan fingerprint density at radius 2 is 1.83 bits per heavy atom. The van der Waals surface area contributed by atoms with Crippen molar-refractivity contribution in [1.29, 1.82) is 0 Å². The molecule has 1 heterocycles. The van der Waals surface area contributed by atoms with Gasteiger partial charge in [0, 0.05) is 10.9 Å². The van der Waals surface area contributed by atoms with Crippen LogP contribution in [0.3, 0.4) is 0 Å². The van der Waals surface area contributed by atoms with Gasteiger partial charge < -0.3 is 15.7 Å². The lowest BCUT2D eigenvalue weighted by Gasteiger charge is -2.23. The van der Waals surface area contributed by atoms with Gasteiger partial charge in [-0.05, 0) is 61.8 Å². The highest BCUT2D eigenvalue weighted by atomic mass is 32.1. The lowest BCUT2D eigenvalue weighted by Crippen LogP contribution is -2.36. The minimum absolute atomic E-state index is 0.0283. The molecular formula is C22H26N2O4S. The molecule has 7 heteroatoms. The fraction of sp³-hybridized carbons (Fsp3) is 0.591. The maximum absolute atomic E-state index is 13.2. The summed E-state index contributed by atoms with van der Waals surface area (Å²) >= 11 is 1.50. The molecule has 4 aliphatic carbocycles. The van der Waals surface area contributed by atoms with Gasteiger partial charge in [0.05, 0.1) is 17.4 Å². The number of carbonyl (C=O) groups is 3. The van der Waals surface area contributed by atoms with Crippen LogP contribution >= 0.6 is 11.3 Å². The molecule has 0 aliphatic heterocycles. The summed E-state index contributed by atoms with van der Waals surface area (Å²) in [6.07, 6.45) is 9.48. The van der Waals surface area contributed by atoms with Gasteiger partial charge in [-0.3, -0.25) is 14.4 Å². The summed E-state index contributed by atoms with van der Waals surface area (Å²) in [6, 6.07) is 0.246. The van der Waals surface area contributed by atoms with Gasteiger partial charge in [-0.2, -0.15) is 0 Å². The SMILES string of the molecule is C[C@@H]1CCc2c(sc(NC(=O)[C@H]3[C@@H](C(=O)O)[C@H]4C=C[C@@H]3C4)c2C(=O)NC2CC2)C1. The summed E-state index contributed by atoms with van der Waals surface area (Å²) < 4.78 is 0. The first-order valence-electron chi connectivity index (χ1n) is 10.6. The Kier molecular flexibility index (Phi) is 4.53. The average Bonchev–Trinajstić information content (AvgIpc) is 3.11. The Balaban J connectivity index is 1.44. The quantitative estimate of drug-likeness (QED) is 0.645. The van der Waals surface area contributed by atoms with Crippen molar-refractivity contribution in [3.63, 3.8) is 0 Å². The molecular weight excluding hydrogens is 388 g/mol. The number of anilines is 1. The molecule has 0 unspecified atom stereocenters. The maximum Gasteiger partial charge on any atom is 0.307 e. The Morgan fingerprint density at radius 3 is 2.52 bits per heavy atom. The molecule has 1 aromatic heterocycles. The van der Waals surface area contributed by atoms with Crippen LogP contribution in [0.15, 0.2) is 12.2 Å². The topological polar surface area (TPSA) is 95.5 Å². The monoisotopic (exact) mass is 414 g/mol. The van der Waals surface area contributed by atoms with E-state index in [0.29, 0.717) is 16.5 Å². The number of hydrogen-bond acceptors (Lipinski definition) is 4. The van der Waals surface area contributed by atoms with Gasteiger partial charge in [-0.1, -0.05) is 19.1 Å². The van der Waals surface area contributed by atoms with Crippen molar-refractivity contribution in [2.24, 2.45) is 29.6 Å². The van der Waals surface area contributed by atoms with Gasteiger partial charge in [0.15, 0.2) is 0 Å². The van der Waals surface area contributed by atoms with Gasteiger partial charge in [0.1, 0.15) is 5.00 Å². The number of carboxylic acids is 1. The van der Waals surface area contributed by atoms with Crippen LogP contribution in [-0.2, 0) is 22.4 Å². The fourth-order valence-corrected chi connectivity index (χ4v) is 6.69. The molecule has 0 aromatic carbocycles. The molecule has 29 heavy (non-hydrogen) atoms. The molecule has 2 fully saturated rings. The zero-order chi connectivity index (χ0) is 20.3. The molecule has 1 aromatic rings. The molecule has 2 saturated carbocycles. The van der Waals surface area contributed by atoms with E-state index in [2.05, 4.69) is 17.6 Å². The van der Waals surface area contributed by atoms with Crippen LogP contribution < -0.4 is 10.6 Å². The number of aliphatic carboxylic acids is 1. The van der Waals surface area contributed by atoms with Gasteiger partial charge >= 0.3 is 5.97 Å². The maximum atomic E-state index is 13.2. The Bertz CT molecular complexity index is 916. The fourth-order valence-electron chi connectivity index (χ4n) is 5.28. The van der Waals surface area contributed by atoms with Crippen molar-refractivity contribution in [2.75, 3.05) is 5.32 Å². The number of rotatable bonds is 5. The average molecular weight is 415 g/mol. The zero-order valence-electron chi connectivity index (χ0n) is 16.4. The number of carbonyl (C=O) groups excluding carboxylic acids is 2. The van der Waals surface area contributed by atoms with E-state index in [9.17, 15) is 19.5 Å². The summed E-state index contributed by atoms with van der Waals surface area (Å²) in [5.41, 5.74) is 1.69. The predicted molar refractivity (Wildman–Crippen MR) is 110 cm³/mol. The Morgan fingerprint density at radius 1 is 1.10 bits per heavy atom. The summed E-state index contributed by atoms with van der Waals surface area (Å²) in [5.74, 6) is -2.05. The van der Waals surface area contributed by atoms with Crippen LogP contribution in [0.4, 0.5) is 5.00 Å². The molecule has 0 saturated heterocycles. The lowest BCUT2D eigenvalue weighted by molar-refractivity contribution is -0.146. The van der Waals surface area contributed by atoms with Crippen LogP contribution in [0.1, 0.15) is 53.4 Å². The Labute approximate surface area is 173 Å². The second-order valence-electron chi connectivity index (χ2n) is 9.13. The van der Waals surface area contributed by atoms with Gasteiger partial charge in [0.25, 0.3) is 5.91 Å². The van der Waals surface area contributed by atoms with Crippen LogP contribution in [0.2, 0.25) is 0 Å². The second kappa shape index (κ2) is 6.97. The van der Waals surface area contributed by atoms with Gasteiger partial charge in [-0.15, -0.1) is 11.3 Å². The molecule has 0 spiro atoms. The molecule has 0 radical (unpaired) electrons. The van der Waals surface area contributed by atoms with Gasteiger partial charge in [0.2, 0.25) is 5.91 Å². The van der Waals surface area contributed by atoms with Crippen LogP contribution in [0.25, 0.3) is 0 Å². The highest BCUT2D eigenvalue weighted by Crippen LogP contribution is 2.49. The van der Waals surface area contributed by atoms with Gasteiger partial charge in [-0.25, -0.2) is 0 Å². The highest BCUT2D eigenvalue weighted by Gasteiger charge is 2.52. The number of amides is 2. The van der Waals surface area contributed by atoms with E-state index in [-0.39, 0.29) is 29.7 Å². The minimum atomic E-state index is -0.909. The highest BCUT2D eigenvalue weighted by molar-refractivity contribution is 7.17. The molecule has 5 rings (SSSR count). The number of allylic oxidation sites excluding steroid dienone is 2. The molecule has 3 N–H and O–H groups in total. The Hall–Kier alpha value is -2.15. The molecule has 6 nitrogen and oxygen atoms in total. The normalized spacial score (nSPS) is 32.1. The summed E-state index contributed by atoms with van der Waals surface area (Å²) in [4.78, 5) is 39.1. The summed E-state index contributed by atoms with van der Waals surface area (Å²) in [6.45, 7) is 2.21. The molecule has 4 aliphatic rings. The van der Waals surface area contributed by atoms with Crippen LogP contribution in [-0.4, -0.2) is 28.9 Å². The van der Waals surface area contributed by atoms with E-state index in [0.717, 1.165) is 44.1 Å². The summed E-state index contributed by atoms with van der Waals surface area (Å²) in [5, 5.41) is 16.3. The number of carboxylic acid groups (broad SMARTS) is 1. The van der Waals surface area contributed by atoms with Crippen molar-refractivity contribution >= 4 is 34.1 Å². The van der Waals surface area contributed by atoms with E-state index in [1.165, 1.54) is 16.2 Å². The summed E-state index contributed by atoms with van der Waals surface area (Å²) in [7, 11) is 0. The van der Waals surface area contributed by atoms with E-state index in [1.807, 2.05) is 12.2 Å². The first-order valence-corrected chi connectivity index (χ1v) is 11.4. The number of nitrogens with one attached hydrogen (secondary N) is 2. The first kappa shape index (κ1) is 18.9. The van der Waals surface area contributed by atoms with E-state index in [4.69, 9.17) is 0 Å². The zero-order valence-corrected chi connectivity index (χ0v) is 17.3. The van der Waals surface area contributed by atoms with Crippen LogP contribution in [0, 0.1) is 29.6 Å². The van der Waals surface area contributed by atoms with Crippen molar-refractivity contribution in [2.45, 2.75) is 51.5 Å². The third kappa shape index (κ3) is 3.29. The van der Waals surface area contributed by atoms with Crippen LogP contribution in [0.5, 0.6) is 0 Å². The lowest BCUT2D eigenvalue weighted by atomic mass is 9.82. The third-order valence-electron chi connectivity index (χ3n) is 6.94. The molecule has 5 atom stereocenters. The molecule has 2 amide bonds. The first-order chi connectivity index (χ1) is 13.9. The molecule has 154 valence electrons. The van der Waals surface area contributed by atoms with E-state index in [1.54, 1.807) is 0 Å². The third-order valence-corrected chi connectivity index (χ3v) is 8.10. The predicted octanol–water partition coefficient (Wildman–Crippen LogP) is 3.23. The number of fused-ring (bicyclic) bond motifs is 3. The minimum Gasteiger partial charge on any atom is -0.481 e. The molecule has 2 bridgehead atoms. The number of hydrogen-bond donors (Lipinski definition) is 3. The van der Waals surface area contributed by atoms with Crippen molar-refractivity contribution in [3.8, 4) is 0 Å². The van der Waals surface area contributed by atoms with Crippen molar-refractivity contribution < 1.29 is 19.5 Å². The van der Waals surface area contributed by atoms with Crippen molar-refractivity contribution in [1.82, 2.24) is 5.32 Å². The number of thiophene rings is 1. The van der Waals surface area contributed by atoms with Crippen molar-refractivity contribution in [3.05, 3.63) is 28.2 Å². The largest absolute Gasteiger partial charge is 0.481 e. The van der Waals surface area contributed by atoms with E-state index >= 15 is 0 Å². The smallest absolute Gasteiger partial charge is 0.307 e. The van der Waals surface area contributed by atoms with E-state index < -0.39 is 17.8 Å². The second-order valence-corrected chi connectivity index (χ2v) is 10.2. The standard InChI is InChI=1S/C22H26N2O4S/c1-10-2-7-14-15(8-10)29-21(18(14)20(26)23-13-5-6-13)24-19(25)16-11-3-4-12(9-11)17(16)22(27)28/h3-4,10-13,16-17H,2,5-9H2,1H3,(H,23,26)(H,24,25)(H,27,28)/t10-,11-,12+,16-,17+/m1/s1.